The molecule has 1 saturated heterocycles. The Balaban J connectivity index is 1.44. The van der Waals surface area contributed by atoms with Crippen LogP contribution in [0.4, 0.5) is 5.69 Å². The lowest BCUT2D eigenvalue weighted by molar-refractivity contribution is -0.118. The monoisotopic (exact) mass is 422 g/mol. The van der Waals surface area contributed by atoms with Gasteiger partial charge in [0.25, 0.3) is 5.91 Å². The third kappa shape index (κ3) is 5.42. The van der Waals surface area contributed by atoms with E-state index in [0.717, 1.165) is 73.9 Å². The smallest absolute Gasteiger partial charge is 0.262 e. The number of ether oxygens (including phenoxy) is 2. The maximum atomic E-state index is 12.3. The van der Waals surface area contributed by atoms with Crippen molar-refractivity contribution in [2.75, 3.05) is 38.2 Å². The van der Waals surface area contributed by atoms with E-state index in [2.05, 4.69) is 21.7 Å². The number of morpholine rings is 1. The Morgan fingerprint density at radius 3 is 2.68 bits per heavy atom. The van der Waals surface area contributed by atoms with Crippen molar-refractivity contribution in [2.45, 2.75) is 33.4 Å². The quantitative estimate of drug-likeness (QED) is 0.601. The first kappa shape index (κ1) is 21.3. The molecule has 3 aromatic rings. The fourth-order valence-electron chi connectivity index (χ4n) is 3.79. The number of aromatic nitrogens is 2. The summed E-state index contributed by atoms with van der Waals surface area (Å²) in [4.78, 5) is 19.6. The van der Waals surface area contributed by atoms with E-state index in [1.54, 1.807) is 0 Å². The summed E-state index contributed by atoms with van der Waals surface area (Å²) in [6.07, 6.45) is 1.04. The highest BCUT2D eigenvalue weighted by Gasteiger charge is 2.17. The number of carbonyl (C=O) groups excluding carboxylic acids is 1. The third-order valence-corrected chi connectivity index (χ3v) is 5.42. The summed E-state index contributed by atoms with van der Waals surface area (Å²) in [7, 11) is 0. The third-order valence-electron chi connectivity index (χ3n) is 5.42. The largest absolute Gasteiger partial charge is 0.484 e. The number of nitrogens with one attached hydrogen (secondary N) is 1. The van der Waals surface area contributed by atoms with Crippen molar-refractivity contribution in [1.82, 2.24) is 14.5 Å². The molecule has 4 rings (SSSR count). The van der Waals surface area contributed by atoms with Gasteiger partial charge in [-0.25, -0.2) is 4.98 Å². The zero-order valence-corrected chi connectivity index (χ0v) is 18.3. The van der Waals surface area contributed by atoms with Crippen LogP contribution in [-0.4, -0.2) is 53.3 Å². The number of anilines is 1. The minimum absolute atomic E-state index is 0.0341. The van der Waals surface area contributed by atoms with Gasteiger partial charge in [-0.05, 0) is 43.7 Å². The van der Waals surface area contributed by atoms with Crippen LogP contribution in [0.5, 0.6) is 5.75 Å². The van der Waals surface area contributed by atoms with E-state index in [1.165, 1.54) is 0 Å². The van der Waals surface area contributed by atoms with Crippen LogP contribution in [0.15, 0.2) is 42.5 Å². The van der Waals surface area contributed by atoms with Gasteiger partial charge in [0, 0.05) is 25.3 Å². The van der Waals surface area contributed by atoms with Gasteiger partial charge in [-0.15, -0.1) is 0 Å². The van der Waals surface area contributed by atoms with Crippen LogP contribution in [-0.2, 0) is 22.6 Å². The molecule has 1 fully saturated rings. The van der Waals surface area contributed by atoms with Crippen molar-refractivity contribution in [2.24, 2.45) is 0 Å². The van der Waals surface area contributed by atoms with Gasteiger partial charge in [0.05, 0.1) is 30.8 Å². The number of aryl methyl sites for hydroxylation is 2. The normalized spacial score (nSPS) is 14.6. The molecule has 0 unspecified atom stereocenters. The van der Waals surface area contributed by atoms with Gasteiger partial charge in [-0.1, -0.05) is 24.6 Å². The highest BCUT2D eigenvalue weighted by atomic mass is 16.5. The molecule has 31 heavy (non-hydrogen) atoms. The Morgan fingerprint density at radius 2 is 1.94 bits per heavy atom. The van der Waals surface area contributed by atoms with Crippen molar-refractivity contribution in [1.29, 1.82) is 0 Å². The molecule has 0 aliphatic carbocycles. The molecule has 1 amide bonds. The summed E-state index contributed by atoms with van der Waals surface area (Å²) >= 11 is 0. The number of nitrogens with zero attached hydrogens (tertiary/aromatic N) is 3. The van der Waals surface area contributed by atoms with Crippen LogP contribution in [0.25, 0.3) is 11.0 Å². The van der Waals surface area contributed by atoms with Gasteiger partial charge in [-0.2, -0.15) is 0 Å². The average molecular weight is 423 g/mol. The Kier molecular flexibility index (Phi) is 6.84. The van der Waals surface area contributed by atoms with Crippen LogP contribution in [0.2, 0.25) is 0 Å². The van der Waals surface area contributed by atoms with Gasteiger partial charge in [0.15, 0.2) is 6.61 Å². The molecular weight excluding hydrogens is 392 g/mol. The van der Waals surface area contributed by atoms with Crippen molar-refractivity contribution < 1.29 is 14.3 Å². The molecule has 0 saturated carbocycles. The van der Waals surface area contributed by atoms with Gasteiger partial charge >= 0.3 is 0 Å². The second-order valence-electron chi connectivity index (χ2n) is 7.92. The zero-order valence-electron chi connectivity index (χ0n) is 18.3. The van der Waals surface area contributed by atoms with E-state index in [1.807, 2.05) is 49.4 Å². The number of amides is 1. The summed E-state index contributed by atoms with van der Waals surface area (Å²) in [5.41, 5.74) is 3.87. The Labute approximate surface area is 183 Å². The van der Waals surface area contributed by atoms with Crippen LogP contribution >= 0.6 is 0 Å². The Hall–Kier alpha value is -2.90. The molecule has 164 valence electrons. The van der Waals surface area contributed by atoms with Gasteiger partial charge < -0.3 is 19.4 Å². The molecule has 0 spiro atoms. The number of rotatable bonds is 8. The Morgan fingerprint density at radius 1 is 1.16 bits per heavy atom. The summed E-state index contributed by atoms with van der Waals surface area (Å²) < 4.78 is 13.3. The first-order chi connectivity index (χ1) is 15.1. The second-order valence-corrected chi connectivity index (χ2v) is 7.92. The molecule has 1 aliphatic heterocycles. The first-order valence-electron chi connectivity index (χ1n) is 10.9. The lowest BCUT2D eigenvalue weighted by atomic mass is 10.2. The molecular formula is C24H30N4O3. The summed E-state index contributed by atoms with van der Waals surface area (Å²) in [6.45, 7) is 9.29. The van der Waals surface area contributed by atoms with Gasteiger partial charge in [0.1, 0.15) is 11.6 Å². The molecule has 0 bridgehead atoms. The van der Waals surface area contributed by atoms with Crippen LogP contribution in [0.1, 0.15) is 24.7 Å². The highest BCUT2D eigenvalue weighted by Crippen LogP contribution is 2.22. The molecule has 1 aliphatic rings. The first-order valence-corrected chi connectivity index (χ1v) is 10.9. The standard InChI is InChI=1S/C24H30N4O3/c1-3-10-28-22-9-6-19(25-24(29)17-31-20-7-4-18(2)5-8-20)15-21(22)26-23(28)16-27-11-13-30-14-12-27/h4-9,15H,3,10-14,16-17H2,1-2H3,(H,25,29). The summed E-state index contributed by atoms with van der Waals surface area (Å²) in [6, 6.07) is 13.6. The number of hydrogen-bond donors (Lipinski definition) is 1. The number of imidazole rings is 1. The minimum Gasteiger partial charge on any atom is -0.484 e. The topological polar surface area (TPSA) is 68.6 Å². The molecule has 2 heterocycles. The molecule has 7 heteroatoms. The molecule has 1 N–H and O–H groups in total. The zero-order chi connectivity index (χ0) is 21.6. The van der Waals surface area contributed by atoms with Crippen molar-refractivity contribution in [3.8, 4) is 5.75 Å². The van der Waals surface area contributed by atoms with Gasteiger partial charge in [-0.3, -0.25) is 9.69 Å². The summed E-state index contributed by atoms with van der Waals surface area (Å²) in [5.74, 6) is 1.55. The van der Waals surface area contributed by atoms with Gasteiger partial charge in [0.2, 0.25) is 0 Å². The molecule has 1 aromatic heterocycles. The SMILES string of the molecule is CCCn1c(CN2CCOCC2)nc2cc(NC(=O)COc3ccc(C)cc3)ccc21. The molecule has 7 nitrogen and oxygen atoms in total. The second kappa shape index (κ2) is 9.94. The lowest BCUT2D eigenvalue weighted by Gasteiger charge is -2.26. The number of benzene rings is 2. The van der Waals surface area contributed by atoms with Crippen LogP contribution in [0.3, 0.4) is 0 Å². The van der Waals surface area contributed by atoms with Crippen molar-refractivity contribution in [3.05, 3.63) is 53.9 Å². The average Bonchev–Trinajstić information content (AvgIpc) is 3.10. The number of hydrogen-bond acceptors (Lipinski definition) is 5. The van der Waals surface area contributed by atoms with Crippen molar-refractivity contribution >= 4 is 22.6 Å². The van der Waals surface area contributed by atoms with Crippen LogP contribution < -0.4 is 10.1 Å². The predicted molar refractivity (Wildman–Crippen MR) is 121 cm³/mol. The van der Waals surface area contributed by atoms with E-state index >= 15 is 0 Å². The fourth-order valence-corrected chi connectivity index (χ4v) is 3.79. The Bertz CT molecular complexity index is 1020. The van der Waals surface area contributed by atoms with E-state index in [9.17, 15) is 4.79 Å². The van der Waals surface area contributed by atoms with E-state index in [0.29, 0.717) is 5.75 Å². The highest BCUT2D eigenvalue weighted by molar-refractivity contribution is 5.94. The van der Waals surface area contributed by atoms with E-state index < -0.39 is 0 Å². The van der Waals surface area contributed by atoms with Crippen LogP contribution in [0, 0.1) is 6.92 Å². The number of fused-ring (bicyclic) bond motifs is 1. The van der Waals surface area contributed by atoms with Crippen molar-refractivity contribution in [3.63, 3.8) is 0 Å². The lowest BCUT2D eigenvalue weighted by Crippen LogP contribution is -2.36. The maximum Gasteiger partial charge on any atom is 0.262 e. The predicted octanol–water partition coefficient (Wildman–Crippen LogP) is 3.60. The maximum absolute atomic E-state index is 12.3. The van der Waals surface area contributed by atoms with E-state index in [4.69, 9.17) is 14.5 Å². The molecule has 2 aromatic carbocycles. The minimum atomic E-state index is -0.193. The fraction of sp³-hybridized carbons (Fsp3) is 0.417. The molecule has 0 atom stereocenters. The summed E-state index contributed by atoms with van der Waals surface area (Å²) in [5, 5.41) is 2.92. The number of carbonyl (C=O) groups is 1. The van der Waals surface area contributed by atoms with E-state index in [-0.39, 0.29) is 12.5 Å². The molecule has 0 radical (unpaired) electrons.